The Kier molecular flexibility index (Phi) is 4.41. The summed E-state index contributed by atoms with van der Waals surface area (Å²) in [7, 11) is 0. The number of rotatable bonds is 4. The number of primary amides is 1. The molecule has 0 unspecified atom stereocenters. The van der Waals surface area contributed by atoms with E-state index in [0.29, 0.717) is 5.56 Å². The number of nitrogens with zero attached hydrogens (tertiary/aromatic N) is 2. The van der Waals surface area contributed by atoms with E-state index in [1.807, 2.05) is 6.07 Å². The number of anilines is 2. The fourth-order valence-electron chi connectivity index (χ4n) is 2.89. The van der Waals surface area contributed by atoms with E-state index in [-0.39, 0.29) is 11.9 Å². The minimum absolute atomic E-state index is 0.217. The Bertz CT molecular complexity index is 698. The number of pyridine rings is 1. The Morgan fingerprint density at radius 2 is 2.09 bits per heavy atom. The maximum Gasteiger partial charge on any atom is 0.252 e. The number of aromatic nitrogens is 1. The molecule has 1 saturated heterocycles. The Labute approximate surface area is 134 Å². The van der Waals surface area contributed by atoms with Gasteiger partial charge in [0.05, 0.1) is 11.3 Å². The maximum absolute atomic E-state index is 13.3. The van der Waals surface area contributed by atoms with Gasteiger partial charge < -0.3 is 16.0 Å². The molecule has 3 rings (SSSR count). The van der Waals surface area contributed by atoms with Gasteiger partial charge in [-0.25, -0.2) is 4.39 Å². The molecular weight excluding hydrogens is 295 g/mol. The average Bonchev–Trinajstić information content (AvgIpc) is 2.56. The van der Waals surface area contributed by atoms with Crippen LogP contribution in [0.2, 0.25) is 0 Å². The van der Waals surface area contributed by atoms with Gasteiger partial charge in [0, 0.05) is 37.2 Å². The van der Waals surface area contributed by atoms with Crippen molar-refractivity contribution in [2.45, 2.75) is 18.9 Å². The first-order chi connectivity index (χ1) is 11.1. The summed E-state index contributed by atoms with van der Waals surface area (Å²) in [4.78, 5) is 17.5. The second kappa shape index (κ2) is 6.64. The molecule has 1 fully saturated rings. The lowest BCUT2D eigenvalue weighted by Crippen LogP contribution is -2.39. The zero-order valence-corrected chi connectivity index (χ0v) is 12.7. The van der Waals surface area contributed by atoms with Gasteiger partial charge in [0.1, 0.15) is 5.82 Å². The highest BCUT2D eigenvalue weighted by Gasteiger charge is 2.21. The van der Waals surface area contributed by atoms with Crippen molar-refractivity contribution in [3.63, 3.8) is 0 Å². The summed E-state index contributed by atoms with van der Waals surface area (Å²) in [6, 6.07) is 8.67. The van der Waals surface area contributed by atoms with Crippen LogP contribution in [0.3, 0.4) is 0 Å². The van der Waals surface area contributed by atoms with Crippen LogP contribution in [0.15, 0.2) is 42.7 Å². The van der Waals surface area contributed by atoms with Gasteiger partial charge in [-0.05, 0) is 37.1 Å². The molecule has 0 radical (unpaired) electrons. The zero-order valence-electron chi connectivity index (χ0n) is 12.7. The number of piperidine rings is 1. The third-order valence-corrected chi connectivity index (χ3v) is 4.11. The zero-order chi connectivity index (χ0) is 16.2. The van der Waals surface area contributed by atoms with E-state index in [1.165, 1.54) is 12.3 Å². The van der Waals surface area contributed by atoms with E-state index in [1.54, 1.807) is 24.4 Å². The summed E-state index contributed by atoms with van der Waals surface area (Å²) >= 11 is 0. The van der Waals surface area contributed by atoms with Crippen LogP contribution in [0.1, 0.15) is 23.2 Å². The van der Waals surface area contributed by atoms with Crippen LogP contribution >= 0.6 is 0 Å². The van der Waals surface area contributed by atoms with Gasteiger partial charge in [-0.1, -0.05) is 6.07 Å². The summed E-state index contributed by atoms with van der Waals surface area (Å²) < 4.78 is 13.3. The van der Waals surface area contributed by atoms with Crippen molar-refractivity contribution < 1.29 is 9.18 Å². The van der Waals surface area contributed by atoms with E-state index in [2.05, 4.69) is 15.2 Å². The Morgan fingerprint density at radius 3 is 2.78 bits per heavy atom. The van der Waals surface area contributed by atoms with Gasteiger partial charge in [0.2, 0.25) is 0 Å². The third-order valence-electron chi connectivity index (χ3n) is 4.11. The SMILES string of the molecule is NC(=O)c1cnccc1NC1CCN(c2cccc(F)c2)CC1. The average molecular weight is 314 g/mol. The van der Waals surface area contributed by atoms with Gasteiger partial charge in [0.25, 0.3) is 5.91 Å². The Hall–Kier alpha value is -2.63. The predicted molar refractivity (Wildman–Crippen MR) is 88.0 cm³/mol. The van der Waals surface area contributed by atoms with Gasteiger partial charge in [-0.2, -0.15) is 0 Å². The van der Waals surface area contributed by atoms with Crippen molar-refractivity contribution in [2.75, 3.05) is 23.3 Å². The number of hydrogen-bond acceptors (Lipinski definition) is 4. The maximum atomic E-state index is 13.3. The first-order valence-electron chi connectivity index (χ1n) is 7.64. The van der Waals surface area contributed by atoms with Gasteiger partial charge >= 0.3 is 0 Å². The van der Waals surface area contributed by atoms with E-state index in [4.69, 9.17) is 5.73 Å². The van der Waals surface area contributed by atoms with Gasteiger partial charge in [-0.15, -0.1) is 0 Å². The molecule has 1 aromatic heterocycles. The van der Waals surface area contributed by atoms with Crippen molar-refractivity contribution in [2.24, 2.45) is 5.73 Å². The fraction of sp³-hybridized carbons (Fsp3) is 0.294. The minimum Gasteiger partial charge on any atom is -0.381 e. The molecule has 6 heteroatoms. The van der Waals surface area contributed by atoms with Crippen LogP contribution in [-0.4, -0.2) is 30.0 Å². The lowest BCUT2D eigenvalue weighted by Gasteiger charge is -2.34. The second-order valence-corrected chi connectivity index (χ2v) is 5.67. The van der Waals surface area contributed by atoms with E-state index >= 15 is 0 Å². The molecule has 0 atom stereocenters. The summed E-state index contributed by atoms with van der Waals surface area (Å²) in [6.45, 7) is 1.66. The van der Waals surface area contributed by atoms with Gasteiger partial charge in [0.15, 0.2) is 0 Å². The number of halogens is 1. The first kappa shape index (κ1) is 15.3. The standard InChI is InChI=1S/C17H19FN4O/c18-12-2-1-3-14(10-12)22-8-5-13(6-9-22)21-16-4-7-20-11-15(16)17(19)23/h1-4,7,10-11,13H,5-6,8-9H2,(H2,19,23)(H,20,21). The summed E-state index contributed by atoms with van der Waals surface area (Å²) in [6.07, 6.45) is 4.91. The lowest BCUT2D eigenvalue weighted by molar-refractivity contribution is 0.100. The number of nitrogens with one attached hydrogen (secondary N) is 1. The molecule has 1 amide bonds. The monoisotopic (exact) mass is 314 g/mol. The highest BCUT2D eigenvalue weighted by Crippen LogP contribution is 2.23. The van der Waals surface area contributed by atoms with Crippen LogP contribution in [-0.2, 0) is 0 Å². The Morgan fingerprint density at radius 1 is 1.30 bits per heavy atom. The van der Waals surface area contributed by atoms with Crippen molar-refractivity contribution in [3.05, 3.63) is 54.1 Å². The molecule has 120 valence electrons. The molecule has 1 aromatic carbocycles. The summed E-state index contributed by atoms with van der Waals surface area (Å²) in [5, 5.41) is 3.37. The van der Waals surface area contributed by atoms with Crippen LogP contribution in [0, 0.1) is 5.82 Å². The van der Waals surface area contributed by atoms with Crippen molar-refractivity contribution in [1.29, 1.82) is 0 Å². The topological polar surface area (TPSA) is 71.2 Å². The molecule has 1 aliphatic rings. The van der Waals surface area contributed by atoms with Crippen LogP contribution in [0.5, 0.6) is 0 Å². The molecule has 5 nitrogen and oxygen atoms in total. The smallest absolute Gasteiger partial charge is 0.252 e. The second-order valence-electron chi connectivity index (χ2n) is 5.67. The van der Waals surface area contributed by atoms with Crippen molar-refractivity contribution >= 4 is 17.3 Å². The molecule has 1 aliphatic heterocycles. The first-order valence-corrected chi connectivity index (χ1v) is 7.64. The van der Waals surface area contributed by atoms with Crippen molar-refractivity contribution in [3.8, 4) is 0 Å². The molecule has 0 bridgehead atoms. The third kappa shape index (κ3) is 3.59. The molecule has 23 heavy (non-hydrogen) atoms. The van der Waals surface area contributed by atoms with E-state index < -0.39 is 5.91 Å². The summed E-state index contributed by atoms with van der Waals surface area (Å²) in [5.41, 5.74) is 7.40. The van der Waals surface area contributed by atoms with E-state index in [0.717, 1.165) is 37.3 Å². The molecule has 0 aliphatic carbocycles. The highest BCUT2D eigenvalue weighted by atomic mass is 19.1. The van der Waals surface area contributed by atoms with Crippen LogP contribution in [0.25, 0.3) is 0 Å². The molecule has 2 aromatic rings. The quantitative estimate of drug-likeness (QED) is 0.909. The number of amides is 1. The Balaban J connectivity index is 1.63. The normalized spacial score (nSPS) is 15.4. The molecule has 0 spiro atoms. The molecule has 2 heterocycles. The predicted octanol–water partition coefficient (Wildman–Crippen LogP) is 2.40. The largest absolute Gasteiger partial charge is 0.381 e. The number of nitrogens with two attached hydrogens (primary N) is 1. The van der Waals surface area contributed by atoms with Crippen LogP contribution < -0.4 is 16.0 Å². The number of carbonyl (C=O) groups excluding carboxylic acids is 1. The fourth-order valence-corrected chi connectivity index (χ4v) is 2.89. The van der Waals surface area contributed by atoms with Gasteiger partial charge in [-0.3, -0.25) is 9.78 Å². The number of hydrogen-bond donors (Lipinski definition) is 2. The summed E-state index contributed by atoms with van der Waals surface area (Å²) in [5.74, 6) is -0.705. The minimum atomic E-state index is -0.488. The number of benzene rings is 1. The molecule has 3 N–H and O–H groups in total. The lowest BCUT2D eigenvalue weighted by atomic mass is 10.0. The molecule has 0 saturated carbocycles. The molecular formula is C17H19FN4O. The van der Waals surface area contributed by atoms with Crippen LogP contribution in [0.4, 0.5) is 15.8 Å². The highest BCUT2D eigenvalue weighted by molar-refractivity contribution is 5.98. The van der Waals surface area contributed by atoms with Crippen molar-refractivity contribution in [1.82, 2.24) is 4.98 Å². The number of carbonyl (C=O) groups is 1. The van der Waals surface area contributed by atoms with E-state index in [9.17, 15) is 9.18 Å².